The molecule has 0 saturated heterocycles. The first-order valence-corrected chi connectivity index (χ1v) is 11.5. The highest BCUT2D eigenvalue weighted by Gasteiger charge is 2.11. The molecular weight excluding hydrogens is 410 g/mol. The van der Waals surface area contributed by atoms with Crippen LogP contribution in [0.1, 0.15) is 27.0 Å². The summed E-state index contributed by atoms with van der Waals surface area (Å²) in [6, 6.07) is 37.9. The van der Waals surface area contributed by atoms with Crippen LogP contribution in [0.25, 0.3) is 5.57 Å². The zero-order valence-electron chi connectivity index (χ0n) is 17.6. The Kier molecular flexibility index (Phi) is 7.49. The Morgan fingerprint density at radius 1 is 0.688 bits per heavy atom. The quantitative estimate of drug-likeness (QED) is 0.288. The first-order chi connectivity index (χ1) is 15.8. The van der Waals surface area contributed by atoms with Gasteiger partial charge in [-0.25, -0.2) is 4.99 Å². The van der Waals surface area contributed by atoms with E-state index in [4.69, 9.17) is 0 Å². The molecule has 0 amide bonds. The number of thioether (sulfide) groups is 1. The predicted molar refractivity (Wildman–Crippen MR) is 136 cm³/mol. The summed E-state index contributed by atoms with van der Waals surface area (Å²) in [6.45, 7) is 0. The van der Waals surface area contributed by atoms with E-state index in [9.17, 15) is 4.79 Å². The van der Waals surface area contributed by atoms with Crippen LogP contribution in [0.5, 0.6) is 0 Å². The second-order valence-electron chi connectivity index (χ2n) is 7.22. The van der Waals surface area contributed by atoms with Crippen LogP contribution in [0, 0.1) is 0 Å². The van der Waals surface area contributed by atoms with Crippen molar-refractivity contribution >= 4 is 34.0 Å². The third kappa shape index (κ3) is 5.73. The molecule has 4 aromatic rings. The van der Waals surface area contributed by atoms with Gasteiger partial charge in [0, 0.05) is 5.75 Å². The Morgan fingerprint density at radius 2 is 1.22 bits per heavy atom. The lowest BCUT2D eigenvalue weighted by molar-refractivity contribution is 0.108. The average molecular weight is 434 g/mol. The van der Waals surface area contributed by atoms with Crippen LogP contribution >= 0.6 is 11.8 Å². The van der Waals surface area contributed by atoms with Gasteiger partial charge in [0.1, 0.15) is 0 Å². The standard InChI is InChI=1S/C29H23NOS/c31-29(32-21-20-23-12-4-1-5-13-23)26-18-10-11-19-28(26)30-22-27(24-14-6-2-7-15-24)25-16-8-3-9-17-25/h1-19H,20-21H2. The fourth-order valence-corrected chi connectivity index (χ4v) is 4.20. The summed E-state index contributed by atoms with van der Waals surface area (Å²) < 4.78 is 0. The number of carbonyl (C=O) groups is 1. The maximum absolute atomic E-state index is 12.9. The maximum Gasteiger partial charge on any atom is 0.221 e. The molecule has 0 atom stereocenters. The maximum atomic E-state index is 12.9. The lowest BCUT2D eigenvalue weighted by Crippen LogP contribution is -1.97. The summed E-state index contributed by atoms with van der Waals surface area (Å²) in [5, 5.41) is 0.0306. The highest BCUT2D eigenvalue weighted by Crippen LogP contribution is 2.25. The van der Waals surface area contributed by atoms with Crippen LogP contribution < -0.4 is 0 Å². The molecule has 0 bridgehead atoms. The average Bonchev–Trinajstić information content (AvgIpc) is 2.86. The van der Waals surface area contributed by atoms with Crippen LogP contribution in [0.4, 0.5) is 5.69 Å². The summed E-state index contributed by atoms with van der Waals surface area (Å²) in [5.41, 5.74) is 5.43. The van der Waals surface area contributed by atoms with E-state index in [2.05, 4.69) is 23.0 Å². The van der Waals surface area contributed by atoms with E-state index in [-0.39, 0.29) is 5.12 Å². The molecule has 3 heteroatoms. The number of hydrogen-bond acceptors (Lipinski definition) is 3. The van der Waals surface area contributed by atoms with Crippen LogP contribution in [-0.4, -0.2) is 16.7 Å². The molecule has 0 aliphatic rings. The first kappa shape index (κ1) is 21.6. The van der Waals surface area contributed by atoms with Crippen molar-refractivity contribution in [2.75, 3.05) is 5.75 Å². The zero-order valence-corrected chi connectivity index (χ0v) is 18.5. The van der Waals surface area contributed by atoms with Crippen LogP contribution in [0.2, 0.25) is 0 Å². The molecule has 0 aliphatic heterocycles. The molecule has 0 unspecified atom stereocenters. The van der Waals surface area contributed by atoms with Crippen molar-refractivity contribution < 1.29 is 4.79 Å². The van der Waals surface area contributed by atoms with Gasteiger partial charge in [0.05, 0.1) is 16.8 Å². The normalized spacial score (nSPS) is 10.2. The number of rotatable bonds is 7. The number of benzene rings is 4. The summed E-state index contributed by atoms with van der Waals surface area (Å²) in [6.07, 6.45) is 0.856. The first-order valence-electron chi connectivity index (χ1n) is 10.6. The van der Waals surface area contributed by atoms with E-state index in [1.807, 2.05) is 103 Å². The van der Waals surface area contributed by atoms with Crippen LogP contribution in [0.15, 0.2) is 120 Å². The molecule has 0 fully saturated rings. The van der Waals surface area contributed by atoms with Crippen LogP contribution in [0.3, 0.4) is 0 Å². The molecule has 0 saturated carbocycles. The van der Waals surface area contributed by atoms with E-state index in [0.29, 0.717) is 11.3 Å². The summed E-state index contributed by atoms with van der Waals surface area (Å²) >= 11 is 1.33. The van der Waals surface area contributed by atoms with E-state index < -0.39 is 0 Å². The van der Waals surface area contributed by atoms with Gasteiger partial charge >= 0.3 is 0 Å². The number of aryl methyl sites for hydroxylation is 1. The largest absolute Gasteiger partial charge is 0.281 e. The zero-order chi connectivity index (χ0) is 22.0. The fourth-order valence-electron chi connectivity index (χ4n) is 3.35. The third-order valence-electron chi connectivity index (χ3n) is 5.00. The lowest BCUT2D eigenvalue weighted by atomic mass is 9.99. The smallest absolute Gasteiger partial charge is 0.221 e. The van der Waals surface area contributed by atoms with Gasteiger partial charge in [0.25, 0.3) is 0 Å². The molecule has 0 spiro atoms. The Balaban J connectivity index is 1.60. The molecule has 0 aliphatic carbocycles. The second kappa shape index (κ2) is 11.1. The van der Waals surface area contributed by atoms with Gasteiger partial charge in [0.15, 0.2) is 0 Å². The molecule has 4 aromatic carbocycles. The second-order valence-corrected chi connectivity index (χ2v) is 8.29. The van der Waals surface area contributed by atoms with E-state index in [0.717, 1.165) is 28.9 Å². The fraction of sp³-hybridized carbons (Fsp3) is 0.0690. The molecule has 4 rings (SSSR count). The minimum absolute atomic E-state index is 0.0306. The van der Waals surface area contributed by atoms with Crippen molar-refractivity contribution in [2.24, 2.45) is 4.99 Å². The SMILES string of the molecule is O=C(SCCc1ccccc1)c1ccccc1N=C=C(c1ccccc1)c1ccccc1. The third-order valence-corrected chi connectivity index (χ3v) is 5.89. The van der Waals surface area contributed by atoms with E-state index in [1.165, 1.54) is 17.3 Å². The van der Waals surface area contributed by atoms with Gasteiger partial charge in [-0.3, -0.25) is 4.79 Å². The molecule has 32 heavy (non-hydrogen) atoms. The minimum atomic E-state index is 0.0306. The van der Waals surface area contributed by atoms with Crippen molar-refractivity contribution in [3.63, 3.8) is 0 Å². The van der Waals surface area contributed by atoms with Gasteiger partial charge in [-0.2, -0.15) is 0 Å². The van der Waals surface area contributed by atoms with E-state index >= 15 is 0 Å². The Morgan fingerprint density at radius 3 is 1.84 bits per heavy atom. The number of para-hydroxylation sites is 1. The molecule has 0 radical (unpaired) electrons. The van der Waals surface area contributed by atoms with Crippen molar-refractivity contribution in [1.29, 1.82) is 0 Å². The van der Waals surface area contributed by atoms with Gasteiger partial charge in [0.2, 0.25) is 5.12 Å². The van der Waals surface area contributed by atoms with Crippen molar-refractivity contribution in [3.05, 3.63) is 138 Å². The Hall–Kier alpha value is -3.65. The molecular formula is C29H23NOS. The van der Waals surface area contributed by atoms with Gasteiger partial charge in [-0.1, -0.05) is 115 Å². The minimum Gasteiger partial charge on any atom is -0.281 e. The lowest BCUT2D eigenvalue weighted by Gasteiger charge is -2.06. The highest BCUT2D eigenvalue weighted by molar-refractivity contribution is 8.14. The van der Waals surface area contributed by atoms with Gasteiger partial charge in [-0.05, 0) is 41.1 Å². The highest BCUT2D eigenvalue weighted by atomic mass is 32.2. The van der Waals surface area contributed by atoms with Crippen molar-refractivity contribution in [3.8, 4) is 0 Å². The molecule has 156 valence electrons. The number of nitrogens with zero attached hydrogens (tertiary/aromatic N) is 1. The Bertz CT molecular complexity index is 1190. The van der Waals surface area contributed by atoms with E-state index in [1.54, 1.807) is 0 Å². The molecule has 0 aromatic heterocycles. The molecule has 2 nitrogen and oxygen atoms in total. The summed E-state index contributed by atoms with van der Waals surface area (Å²) in [5.74, 6) is 3.96. The topological polar surface area (TPSA) is 29.4 Å². The summed E-state index contributed by atoms with van der Waals surface area (Å²) in [7, 11) is 0. The number of carbonyl (C=O) groups excluding carboxylic acids is 1. The summed E-state index contributed by atoms with van der Waals surface area (Å²) in [4.78, 5) is 17.5. The van der Waals surface area contributed by atoms with Gasteiger partial charge in [-0.15, -0.1) is 0 Å². The molecule has 0 N–H and O–H groups in total. The van der Waals surface area contributed by atoms with Crippen LogP contribution in [-0.2, 0) is 6.42 Å². The predicted octanol–water partition coefficient (Wildman–Crippen LogP) is 7.24. The molecule has 0 heterocycles. The van der Waals surface area contributed by atoms with Crippen molar-refractivity contribution in [1.82, 2.24) is 0 Å². The van der Waals surface area contributed by atoms with Gasteiger partial charge < -0.3 is 0 Å². The monoisotopic (exact) mass is 433 g/mol. The number of aliphatic imine (C=N–C) groups is 1. The Labute approximate surface area is 193 Å². The number of hydrogen-bond donors (Lipinski definition) is 0. The van der Waals surface area contributed by atoms with Crippen molar-refractivity contribution in [2.45, 2.75) is 6.42 Å².